The minimum Gasteiger partial charge on any atom is -0.472 e. The second-order valence-electron chi connectivity index (χ2n) is 5.16. The number of thioether (sulfide) groups is 1. The van der Waals surface area contributed by atoms with E-state index in [9.17, 15) is 0 Å². The van der Waals surface area contributed by atoms with Crippen molar-refractivity contribution in [2.24, 2.45) is 0 Å². The van der Waals surface area contributed by atoms with Crippen molar-refractivity contribution in [3.8, 4) is 0 Å². The Morgan fingerprint density at radius 2 is 2.22 bits per heavy atom. The van der Waals surface area contributed by atoms with Crippen LogP contribution in [-0.4, -0.2) is 17.5 Å². The summed E-state index contributed by atoms with van der Waals surface area (Å²) < 4.78 is 5.22. The van der Waals surface area contributed by atoms with Crippen LogP contribution in [0.15, 0.2) is 23.0 Å². The van der Waals surface area contributed by atoms with Crippen molar-refractivity contribution in [1.29, 1.82) is 0 Å². The van der Waals surface area contributed by atoms with E-state index in [0.29, 0.717) is 6.04 Å². The maximum absolute atomic E-state index is 5.22. The van der Waals surface area contributed by atoms with Gasteiger partial charge in [0.25, 0.3) is 0 Å². The van der Waals surface area contributed by atoms with Crippen LogP contribution < -0.4 is 5.32 Å². The molecule has 2 nitrogen and oxygen atoms in total. The Morgan fingerprint density at radius 3 is 2.89 bits per heavy atom. The number of furan rings is 1. The van der Waals surface area contributed by atoms with Crippen molar-refractivity contribution in [1.82, 2.24) is 5.32 Å². The van der Waals surface area contributed by atoms with Gasteiger partial charge >= 0.3 is 0 Å². The third-order valence-electron chi connectivity index (χ3n) is 3.64. The van der Waals surface area contributed by atoms with Crippen LogP contribution in [0.1, 0.15) is 57.1 Å². The summed E-state index contributed by atoms with van der Waals surface area (Å²) in [6.07, 6.45) is 12.0. The monoisotopic (exact) mass is 267 g/mol. The van der Waals surface area contributed by atoms with Crippen molar-refractivity contribution in [2.75, 3.05) is 12.3 Å². The summed E-state index contributed by atoms with van der Waals surface area (Å²) in [5.41, 5.74) is 1.30. The molecule has 1 aliphatic rings. The number of nitrogens with one attached hydrogen (secondary N) is 1. The molecule has 1 aromatic heterocycles. The highest BCUT2D eigenvalue weighted by Gasteiger charge is 2.18. The molecule has 1 heterocycles. The van der Waals surface area contributed by atoms with E-state index in [-0.39, 0.29) is 0 Å². The van der Waals surface area contributed by atoms with Crippen LogP contribution >= 0.6 is 11.8 Å². The first-order valence-electron chi connectivity index (χ1n) is 7.27. The smallest absolute Gasteiger partial charge is 0.0950 e. The van der Waals surface area contributed by atoms with Gasteiger partial charge in [0.2, 0.25) is 0 Å². The molecule has 1 saturated carbocycles. The SMILES string of the molecule is CCCNC(CSC1CCCCC1)c1ccoc1. The van der Waals surface area contributed by atoms with E-state index in [1.807, 2.05) is 6.26 Å². The lowest BCUT2D eigenvalue weighted by molar-refractivity contribution is 0.512. The van der Waals surface area contributed by atoms with E-state index in [0.717, 1.165) is 11.8 Å². The van der Waals surface area contributed by atoms with E-state index < -0.39 is 0 Å². The van der Waals surface area contributed by atoms with Gasteiger partial charge in [-0.15, -0.1) is 0 Å². The molecule has 1 unspecified atom stereocenters. The molecule has 0 aromatic carbocycles. The van der Waals surface area contributed by atoms with Gasteiger partial charge in [-0.05, 0) is 31.9 Å². The van der Waals surface area contributed by atoms with Gasteiger partial charge in [-0.25, -0.2) is 0 Å². The second-order valence-corrected chi connectivity index (χ2v) is 6.49. The first-order valence-corrected chi connectivity index (χ1v) is 8.32. The minimum absolute atomic E-state index is 0.454. The first-order chi connectivity index (χ1) is 8.90. The van der Waals surface area contributed by atoms with Crippen LogP contribution in [-0.2, 0) is 0 Å². The molecule has 1 aliphatic carbocycles. The zero-order chi connectivity index (χ0) is 12.6. The zero-order valence-electron chi connectivity index (χ0n) is 11.4. The molecule has 0 bridgehead atoms. The van der Waals surface area contributed by atoms with E-state index in [4.69, 9.17) is 4.42 Å². The summed E-state index contributed by atoms with van der Waals surface area (Å²) in [6, 6.07) is 2.55. The molecule has 1 atom stereocenters. The molecule has 0 saturated heterocycles. The summed E-state index contributed by atoms with van der Waals surface area (Å²) in [6.45, 7) is 3.30. The highest BCUT2D eigenvalue weighted by molar-refractivity contribution is 7.99. The Morgan fingerprint density at radius 1 is 1.39 bits per heavy atom. The molecule has 1 aromatic rings. The molecule has 2 rings (SSSR count). The fraction of sp³-hybridized carbons (Fsp3) is 0.733. The van der Waals surface area contributed by atoms with Crippen molar-refractivity contribution < 1.29 is 4.42 Å². The Balaban J connectivity index is 1.80. The molecule has 18 heavy (non-hydrogen) atoms. The topological polar surface area (TPSA) is 25.2 Å². The highest BCUT2D eigenvalue weighted by atomic mass is 32.2. The Kier molecular flexibility index (Phi) is 6.15. The van der Waals surface area contributed by atoms with Crippen LogP contribution in [0.5, 0.6) is 0 Å². The molecule has 0 amide bonds. The van der Waals surface area contributed by atoms with E-state index >= 15 is 0 Å². The largest absolute Gasteiger partial charge is 0.472 e. The maximum atomic E-state index is 5.22. The Hall–Kier alpha value is -0.410. The lowest BCUT2D eigenvalue weighted by Gasteiger charge is -2.24. The molecular formula is C15H25NOS. The first kappa shape index (κ1) is 14.0. The van der Waals surface area contributed by atoms with Crippen molar-refractivity contribution in [3.63, 3.8) is 0 Å². The van der Waals surface area contributed by atoms with Crippen molar-refractivity contribution >= 4 is 11.8 Å². The van der Waals surface area contributed by atoms with Gasteiger partial charge in [0.15, 0.2) is 0 Å². The standard InChI is InChI=1S/C15H25NOS/c1-2-9-16-15(13-8-10-17-11-13)12-18-14-6-4-3-5-7-14/h8,10-11,14-16H,2-7,9,12H2,1H3. The highest BCUT2D eigenvalue weighted by Crippen LogP contribution is 2.31. The van der Waals surface area contributed by atoms with Gasteiger partial charge in [-0.2, -0.15) is 11.8 Å². The predicted octanol–water partition coefficient (Wildman–Crippen LogP) is 4.39. The minimum atomic E-state index is 0.454. The second kappa shape index (κ2) is 7.90. The molecule has 1 N–H and O–H groups in total. The molecule has 0 radical (unpaired) electrons. The summed E-state index contributed by atoms with van der Waals surface area (Å²) in [5.74, 6) is 1.17. The number of hydrogen-bond donors (Lipinski definition) is 1. The summed E-state index contributed by atoms with van der Waals surface area (Å²) in [5, 5.41) is 4.52. The summed E-state index contributed by atoms with van der Waals surface area (Å²) in [4.78, 5) is 0. The molecular weight excluding hydrogens is 242 g/mol. The van der Waals surface area contributed by atoms with E-state index in [2.05, 4.69) is 30.1 Å². The van der Waals surface area contributed by atoms with Gasteiger partial charge < -0.3 is 9.73 Å². The number of hydrogen-bond acceptors (Lipinski definition) is 3. The summed E-state index contributed by atoms with van der Waals surface area (Å²) >= 11 is 2.15. The van der Waals surface area contributed by atoms with Crippen molar-refractivity contribution in [3.05, 3.63) is 24.2 Å². The van der Waals surface area contributed by atoms with Gasteiger partial charge in [-0.3, -0.25) is 0 Å². The third kappa shape index (κ3) is 4.36. The Labute approximate surface area is 115 Å². The third-order valence-corrected chi connectivity index (χ3v) is 5.11. The van der Waals surface area contributed by atoms with Crippen LogP contribution in [0.4, 0.5) is 0 Å². The normalized spacial score (nSPS) is 18.9. The fourth-order valence-electron chi connectivity index (χ4n) is 2.53. The van der Waals surface area contributed by atoms with Crippen LogP contribution in [0, 0.1) is 0 Å². The van der Waals surface area contributed by atoms with Crippen LogP contribution in [0.2, 0.25) is 0 Å². The average molecular weight is 267 g/mol. The van der Waals surface area contributed by atoms with E-state index in [1.165, 1.54) is 49.8 Å². The molecule has 1 fully saturated rings. The van der Waals surface area contributed by atoms with Crippen LogP contribution in [0.25, 0.3) is 0 Å². The fourth-order valence-corrected chi connectivity index (χ4v) is 3.97. The lowest BCUT2D eigenvalue weighted by Crippen LogP contribution is -2.25. The van der Waals surface area contributed by atoms with Gasteiger partial charge in [0, 0.05) is 22.6 Å². The lowest BCUT2D eigenvalue weighted by atomic mass is 10.0. The quantitative estimate of drug-likeness (QED) is 0.793. The zero-order valence-corrected chi connectivity index (χ0v) is 12.2. The summed E-state index contributed by atoms with van der Waals surface area (Å²) in [7, 11) is 0. The molecule has 102 valence electrons. The predicted molar refractivity (Wildman–Crippen MR) is 79.1 cm³/mol. The Bertz CT molecular complexity index is 306. The van der Waals surface area contributed by atoms with Gasteiger partial charge in [-0.1, -0.05) is 26.2 Å². The maximum Gasteiger partial charge on any atom is 0.0950 e. The van der Waals surface area contributed by atoms with Crippen LogP contribution in [0.3, 0.4) is 0 Å². The van der Waals surface area contributed by atoms with Gasteiger partial charge in [0.1, 0.15) is 0 Å². The van der Waals surface area contributed by atoms with Gasteiger partial charge in [0.05, 0.1) is 12.5 Å². The average Bonchev–Trinajstić information content (AvgIpc) is 2.94. The van der Waals surface area contributed by atoms with Crippen molar-refractivity contribution in [2.45, 2.75) is 56.7 Å². The number of rotatable bonds is 7. The molecule has 0 spiro atoms. The molecule has 3 heteroatoms. The molecule has 0 aliphatic heterocycles. The van der Waals surface area contributed by atoms with E-state index in [1.54, 1.807) is 6.26 Å².